The lowest BCUT2D eigenvalue weighted by molar-refractivity contribution is -0.140. The van der Waals surface area contributed by atoms with Crippen LogP contribution in [0.15, 0.2) is 60.4 Å². The fourth-order valence-electron chi connectivity index (χ4n) is 3.11. The molecule has 1 fully saturated rings. The molecule has 2 aromatic rings. The molecule has 1 N–H and O–H groups in total. The number of carbonyl (C=O) groups is 2. The summed E-state index contributed by atoms with van der Waals surface area (Å²) in [5, 5.41) is 7.20. The van der Waals surface area contributed by atoms with E-state index >= 15 is 0 Å². The van der Waals surface area contributed by atoms with Crippen LogP contribution in [0, 0.1) is 0 Å². The summed E-state index contributed by atoms with van der Waals surface area (Å²) in [6, 6.07) is 12.6. The molecule has 0 radical (unpaired) electrons. The summed E-state index contributed by atoms with van der Waals surface area (Å²) in [4.78, 5) is 23.9. The molecule has 4 heteroatoms. The number of allylic oxidation sites excluding steroid dienone is 4. The second-order valence-electron chi connectivity index (χ2n) is 6.87. The first kappa shape index (κ1) is 17.3. The predicted molar refractivity (Wildman–Crippen MR) is 106 cm³/mol. The third-order valence-corrected chi connectivity index (χ3v) is 4.67. The highest BCUT2D eigenvalue weighted by molar-refractivity contribution is 5.86. The lowest BCUT2D eigenvalue weighted by Crippen LogP contribution is -2.26. The van der Waals surface area contributed by atoms with Gasteiger partial charge in [0.1, 0.15) is 5.76 Å². The Balaban J connectivity index is 1.54. The van der Waals surface area contributed by atoms with Crippen LogP contribution >= 0.6 is 0 Å². The van der Waals surface area contributed by atoms with Crippen molar-refractivity contribution in [2.75, 3.05) is 0 Å². The second kappa shape index (κ2) is 7.62. The van der Waals surface area contributed by atoms with Crippen LogP contribution < -0.4 is 15.8 Å². The molecule has 0 spiro atoms. The number of fused-ring (bicyclic) bond motifs is 3. The van der Waals surface area contributed by atoms with Gasteiger partial charge in [0.2, 0.25) is 5.91 Å². The molecule has 0 saturated heterocycles. The maximum Gasteiger partial charge on any atom is 0.311 e. The van der Waals surface area contributed by atoms with Crippen molar-refractivity contribution in [2.24, 2.45) is 0 Å². The van der Waals surface area contributed by atoms with Gasteiger partial charge in [0.15, 0.2) is 0 Å². The van der Waals surface area contributed by atoms with E-state index in [2.05, 4.69) is 29.6 Å². The summed E-state index contributed by atoms with van der Waals surface area (Å²) in [6.45, 7) is 0. The SMILES string of the molecule is O=C(CCC(=O)OC1=C/C=C\C=c2\ccc3ccccc3\c2=C\1)NC1CC1. The summed E-state index contributed by atoms with van der Waals surface area (Å²) in [6.07, 6.45) is 11.8. The van der Waals surface area contributed by atoms with Crippen LogP contribution in [0.4, 0.5) is 0 Å². The van der Waals surface area contributed by atoms with Crippen molar-refractivity contribution in [1.29, 1.82) is 0 Å². The fraction of sp³-hybridized carbons (Fsp3) is 0.217. The lowest BCUT2D eigenvalue weighted by Gasteiger charge is -2.07. The summed E-state index contributed by atoms with van der Waals surface area (Å²) in [5.41, 5.74) is 0. The Morgan fingerprint density at radius 3 is 2.67 bits per heavy atom. The van der Waals surface area contributed by atoms with Crippen molar-refractivity contribution in [2.45, 2.75) is 31.7 Å². The van der Waals surface area contributed by atoms with Gasteiger partial charge in [0, 0.05) is 12.5 Å². The zero-order chi connectivity index (χ0) is 18.6. The first-order chi connectivity index (χ1) is 13.2. The number of hydrogen-bond donors (Lipinski definition) is 1. The van der Waals surface area contributed by atoms with Crippen LogP contribution in [-0.4, -0.2) is 17.9 Å². The minimum absolute atomic E-state index is 0.0714. The number of benzene rings is 2. The molecule has 0 aromatic heterocycles. The molecule has 1 amide bonds. The first-order valence-corrected chi connectivity index (χ1v) is 9.27. The number of amides is 1. The van der Waals surface area contributed by atoms with Gasteiger partial charge in [-0.3, -0.25) is 9.59 Å². The van der Waals surface area contributed by atoms with E-state index in [0.29, 0.717) is 11.8 Å². The molecule has 27 heavy (non-hydrogen) atoms. The standard InChI is InChI=1S/C23H21NO3/c25-22(24-18-11-12-18)13-14-23(26)27-19-7-3-1-6-17-10-9-16-5-2-4-8-20(16)21(17)15-19/h1-10,15,18H,11-14H2,(H,24,25)/b3-1-,6-1?,7-3?,17-6-,19-7+,19-15?,21-15+. The Morgan fingerprint density at radius 2 is 1.81 bits per heavy atom. The van der Waals surface area contributed by atoms with Crippen molar-refractivity contribution < 1.29 is 14.3 Å². The monoisotopic (exact) mass is 359 g/mol. The Kier molecular flexibility index (Phi) is 4.88. The van der Waals surface area contributed by atoms with Crippen molar-refractivity contribution in [3.05, 3.63) is 70.8 Å². The third kappa shape index (κ3) is 4.34. The number of carbonyl (C=O) groups excluding carboxylic acids is 2. The van der Waals surface area contributed by atoms with Gasteiger partial charge in [-0.05, 0) is 46.2 Å². The third-order valence-electron chi connectivity index (χ3n) is 4.67. The van der Waals surface area contributed by atoms with Crippen LogP contribution in [0.3, 0.4) is 0 Å². The number of hydrogen-bond acceptors (Lipinski definition) is 3. The predicted octanol–water partition coefficient (Wildman–Crippen LogP) is 2.46. The van der Waals surface area contributed by atoms with Crippen LogP contribution in [0.2, 0.25) is 0 Å². The van der Waals surface area contributed by atoms with Crippen LogP contribution in [-0.2, 0) is 14.3 Å². The maximum atomic E-state index is 12.2. The van der Waals surface area contributed by atoms with E-state index in [1.807, 2.05) is 36.4 Å². The number of ether oxygens (including phenoxy) is 1. The van der Waals surface area contributed by atoms with Crippen molar-refractivity contribution in [3.8, 4) is 0 Å². The Labute approximate surface area is 157 Å². The highest BCUT2D eigenvalue weighted by Crippen LogP contribution is 2.18. The number of rotatable bonds is 5. The average Bonchev–Trinajstić information content (AvgIpc) is 3.46. The lowest BCUT2D eigenvalue weighted by atomic mass is 10.0. The highest BCUT2D eigenvalue weighted by atomic mass is 16.5. The van der Waals surface area contributed by atoms with Gasteiger partial charge in [-0.2, -0.15) is 0 Å². The van der Waals surface area contributed by atoms with E-state index in [-0.39, 0.29) is 18.7 Å². The Hall–Kier alpha value is -3.14. The summed E-state index contributed by atoms with van der Waals surface area (Å²) < 4.78 is 5.53. The molecule has 0 unspecified atom stereocenters. The molecular formula is C23H21NO3. The minimum Gasteiger partial charge on any atom is -0.426 e. The maximum absolute atomic E-state index is 12.2. The molecule has 2 aliphatic rings. The normalized spacial score (nSPS) is 21.1. The molecule has 136 valence electrons. The van der Waals surface area contributed by atoms with Gasteiger partial charge in [-0.25, -0.2) is 0 Å². The summed E-state index contributed by atoms with van der Waals surface area (Å²) >= 11 is 0. The van der Waals surface area contributed by atoms with Gasteiger partial charge < -0.3 is 10.1 Å². The second-order valence-corrected chi connectivity index (χ2v) is 6.87. The molecule has 0 bridgehead atoms. The van der Waals surface area contributed by atoms with Crippen molar-refractivity contribution >= 4 is 34.8 Å². The van der Waals surface area contributed by atoms with E-state index in [4.69, 9.17) is 4.74 Å². The van der Waals surface area contributed by atoms with Gasteiger partial charge in [0.05, 0.1) is 6.42 Å². The molecule has 2 aromatic carbocycles. The Bertz CT molecular complexity index is 1070. The topological polar surface area (TPSA) is 55.4 Å². The smallest absolute Gasteiger partial charge is 0.311 e. The van der Waals surface area contributed by atoms with Crippen LogP contribution in [0.5, 0.6) is 0 Å². The summed E-state index contributed by atoms with van der Waals surface area (Å²) in [5.74, 6) is -0.0105. The van der Waals surface area contributed by atoms with Crippen molar-refractivity contribution in [1.82, 2.24) is 5.32 Å². The van der Waals surface area contributed by atoms with E-state index in [1.165, 1.54) is 0 Å². The fourth-order valence-corrected chi connectivity index (χ4v) is 3.11. The van der Waals surface area contributed by atoms with Gasteiger partial charge in [0.25, 0.3) is 0 Å². The van der Waals surface area contributed by atoms with Crippen LogP contribution in [0.1, 0.15) is 25.7 Å². The first-order valence-electron chi connectivity index (χ1n) is 9.27. The zero-order valence-electron chi connectivity index (χ0n) is 15.0. The molecule has 2 aliphatic carbocycles. The highest BCUT2D eigenvalue weighted by Gasteiger charge is 2.23. The molecule has 0 heterocycles. The zero-order valence-corrected chi connectivity index (χ0v) is 15.0. The van der Waals surface area contributed by atoms with E-state index in [1.54, 1.807) is 6.08 Å². The quantitative estimate of drug-likeness (QED) is 0.835. The van der Waals surface area contributed by atoms with E-state index in [0.717, 1.165) is 34.1 Å². The molecule has 1 saturated carbocycles. The molecule has 4 nitrogen and oxygen atoms in total. The summed E-state index contributed by atoms with van der Waals surface area (Å²) in [7, 11) is 0. The van der Waals surface area contributed by atoms with Gasteiger partial charge in [-0.15, -0.1) is 0 Å². The van der Waals surface area contributed by atoms with E-state index < -0.39 is 5.97 Å². The Morgan fingerprint density at radius 1 is 1.00 bits per heavy atom. The van der Waals surface area contributed by atoms with Crippen molar-refractivity contribution in [3.63, 3.8) is 0 Å². The molecular weight excluding hydrogens is 338 g/mol. The number of nitrogens with one attached hydrogen (secondary N) is 1. The minimum atomic E-state index is -0.400. The van der Waals surface area contributed by atoms with E-state index in [9.17, 15) is 9.59 Å². The van der Waals surface area contributed by atoms with Crippen LogP contribution in [0.25, 0.3) is 22.9 Å². The molecule has 4 rings (SSSR count). The number of esters is 1. The molecule has 0 atom stereocenters. The van der Waals surface area contributed by atoms with Gasteiger partial charge >= 0.3 is 5.97 Å². The van der Waals surface area contributed by atoms with Gasteiger partial charge in [-0.1, -0.05) is 54.6 Å². The molecule has 0 aliphatic heterocycles. The average molecular weight is 359 g/mol. The largest absolute Gasteiger partial charge is 0.426 e.